The zero-order valence-corrected chi connectivity index (χ0v) is 17.9. The van der Waals surface area contributed by atoms with Crippen molar-refractivity contribution in [3.8, 4) is 0 Å². The minimum absolute atomic E-state index is 0.891. The Hall–Kier alpha value is -1.58. The number of rotatable bonds is 7. The number of hydrogen-bond donors (Lipinski definition) is 10. The van der Waals surface area contributed by atoms with Gasteiger partial charge >= 0.3 is 11.9 Å². The van der Waals surface area contributed by atoms with Gasteiger partial charge in [0.15, 0.2) is 18.2 Å². The van der Waals surface area contributed by atoms with Crippen molar-refractivity contribution in [1.29, 1.82) is 0 Å². The second kappa shape index (κ2) is 10.4. The zero-order valence-electron chi connectivity index (χ0n) is 17.9. The van der Waals surface area contributed by atoms with E-state index in [9.17, 15) is 55.5 Å². The summed E-state index contributed by atoms with van der Waals surface area (Å²) < 4.78 is 25.4. The van der Waals surface area contributed by atoms with Gasteiger partial charge in [-0.25, -0.2) is 9.59 Å². The van der Waals surface area contributed by atoms with Crippen molar-refractivity contribution in [3.05, 3.63) is 0 Å². The van der Waals surface area contributed by atoms with Crippen molar-refractivity contribution in [2.75, 3.05) is 26.4 Å². The first-order chi connectivity index (χ1) is 16.4. The Bertz CT molecular complexity index is 778. The number of esters is 2. The van der Waals surface area contributed by atoms with Gasteiger partial charge in [-0.1, -0.05) is 0 Å². The van der Waals surface area contributed by atoms with E-state index in [0.717, 1.165) is 0 Å². The molecule has 0 amide bonds. The molecule has 3 rings (SSSR count). The highest BCUT2D eigenvalue weighted by Gasteiger charge is 2.72. The second-order valence-electron chi connectivity index (χ2n) is 8.27. The van der Waals surface area contributed by atoms with E-state index in [-0.39, 0.29) is 0 Å². The summed E-state index contributed by atoms with van der Waals surface area (Å²) in [6.45, 7) is -4.84. The molecule has 0 bridgehead atoms. The second-order valence-corrected chi connectivity index (χ2v) is 8.27. The standard InChI is InChI=1S/C18H28O17/c19-1-5-11(7(23)9(25)14(29)31-5)33-15-10(26)8(24)12(27)17(3-21,35-15)18(4-22)16(30)32-6(2-20)13(28)34-18/h5-12,14-15,19-27,29H,1-4H2/t5-,6?,7-,8-,9-,10-,11-,12-,14-,15+,17-,18?/m1/s1. The van der Waals surface area contributed by atoms with E-state index in [1.165, 1.54) is 0 Å². The van der Waals surface area contributed by atoms with Crippen molar-refractivity contribution in [1.82, 2.24) is 0 Å². The summed E-state index contributed by atoms with van der Waals surface area (Å²) in [6.07, 6.45) is -20.1. The van der Waals surface area contributed by atoms with E-state index in [1.54, 1.807) is 0 Å². The molecule has 0 aromatic heterocycles. The van der Waals surface area contributed by atoms with Gasteiger partial charge in [-0.15, -0.1) is 0 Å². The van der Waals surface area contributed by atoms with Gasteiger partial charge in [0.05, 0.1) is 26.4 Å². The molecule has 17 heteroatoms. The van der Waals surface area contributed by atoms with Crippen LogP contribution >= 0.6 is 0 Å². The lowest BCUT2D eigenvalue weighted by molar-refractivity contribution is -0.398. The van der Waals surface area contributed by atoms with Gasteiger partial charge in [0.25, 0.3) is 5.60 Å². The maximum Gasteiger partial charge on any atom is 0.357 e. The summed E-state index contributed by atoms with van der Waals surface area (Å²) in [6, 6.07) is 0. The van der Waals surface area contributed by atoms with Crippen LogP contribution in [0.2, 0.25) is 0 Å². The van der Waals surface area contributed by atoms with Crippen molar-refractivity contribution >= 4 is 11.9 Å². The molecule has 0 aromatic rings. The maximum atomic E-state index is 12.8. The van der Waals surface area contributed by atoms with Crippen molar-refractivity contribution in [2.45, 2.75) is 72.6 Å². The van der Waals surface area contributed by atoms with E-state index in [0.29, 0.717) is 0 Å². The third kappa shape index (κ3) is 4.31. The molecule has 17 nitrogen and oxygen atoms in total. The smallest absolute Gasteiger partial charge is 0.357 e. The lowest BCUT2D eigenvalue weighted by atomic mass is 9.73. The lowest BCUT2D eigenvalue weighted by Crippen LogP contribution is -2.80. The van der Waals surface area contributed by atoms with Crippen LogP contribution in [0.5, 0.6) is 0 Å². The molecule has 10 N–H and O–H groups in total. The van der Waals surface area contributed by atoms with Crippen LogP contribution in [0.25, 0.3) is 0 Å². The molecule has 3 aliphatic heterocycles. The van der Waals surface area contributed by atoms with Crippen molar-refractivity contribution in [3.63, 3.8) is 0 Å². The highest BCUT2D eigenvalue weighted by atomic mass is 16.8. The molecule has 0 aliphatic carbocycles. The van der Waals surface area contributed by atoms with Gasteiger partial charge in [-0.05, 0) is 0 Å². The Morgan fingerprint density at radius 2 is 1.49 bits per heavy atom. The molecule has 202 valence electrons. The quantitative estimate of drug-likeness (QED) is 0.141. The van der Waals surface area contributed by atoms with E-state index in [2.05, 4.69) is 0 Å². The van der Waals surface area contributed by atoms with E-state index < -0.39 is 111 Å². The van der Waals surface area contributed by atoms with Gasteiger partial charge in [0.2, 0.25) is 6.10 Å². The summed E-state index contributed by atoms with van der Waals surface area (Å²) in [5.74, 6) is -3.00. The van der Waals surface area contributed by atoms with Gasteiger partial charge in [0, 0.05) is 0 Å². The summed E-state index contributed by atoms with van der Waals surface area (Å²) in [4.78, 5) is 25.0. The average Bonchev–Trinajstić information content (AvgIpc) is 2.85. The lowest BCUT2D eigenvalue weighted by Gasteiger charge is -2.55. The van der Waals surface area contributed by atoms with Crippen LogP contribution in [0, 0.1) is 0 Å². The first-order valence-electron chi connectivity index (χ1n) is 10.4. The third-order valence-corrected chi connectivity index (χ3v) is 6.31. The fourth-order valence-corrected chi connectivity index (χ4v) is 4.21. The minimum Gasteiger partial charge on any atom is -0.445 e. The van der Waals surface area contributed by atoms with Gasteiger partial charge in [0.1, 0.15) is 42.7 Å². The molecular formula is C18H28O17. The molecule has 3 aliphatic rings. The molecule has 0 saturated carbocycles. The van der Waals surface area contributed by atoms with Crippen LogP contribution in [0.3, 0.4) is 0 Å². The molecule has 0 aromatic carbocycles. The summed E-state index contributed by atoms with van der Waals surface area (Å²) in [5.41, 5.74) is -5.99. The first-order valence-corrected chi connectivity index (χ1v) is 10.4. The number of carbonyl (C=O) groups excluding carboxylic acids is 2. The number of cyclic esters (lactones) is 2. The summed E-state index contributed by atoms with van der Waals surface area (Å²) in [7, 11) is 0. The zero-order chi connectivity index (χ0) is 26.3. The SMILES string of the molecule is O=C1OC(CO)([C@]2(CO)O[C@H](O[C@H]3[C@H](O)[C@@H](O)[C@H](O)O[C@@H]3CO)[C@H](O)[C@@H](O)[C@H]2O)C(=O)OC1CO. The molecular weight excluding hydrogens is 488 g/mol. The number of ether oxygens (including phenoxy) is 5. The highest BCUT2D eigenvalue weighted by molar-refractivity contribution is 5.92. The molecule has 3 fully saturated rings. The largest absolute Gasteiger partial charge is 0.445 e. The van der Waals surface area contributed by atoms with Crippen molar-refractivity contribution < 1.29 is 84.3 Å². The fourth-order valence-electron chi connectivity index (χ4n) is 4.21. The molecule has 2 unspecified atom stereocenters. The van der Waals surface area contributed by atoms with E-state index in [1.807, 2.05) is 0 Å². The Morgan fingerprint density at radius 3 is 2.03 bits per heavy atom. The number of aliphatic hydroxyl groups is 10. The van der Waals surface area contributed by atoms with Crippen LogP contribution in [-0.2, 0) is 33.3 Å². The highest BCUT2D eigenvalue weighted by Crippen LogP contribution is 2.44. The van der Waals surface area contributed by atoms with Crippen LogP contribution in [0.4, 0.5) is 0 Å². The van der Waals surface area contributed by atoms with E-state index >= 15 is 0 Å². The van der Waals surface area contributed by atoms with Gasteiger partial charge in [-0.3, -0.25) is 0 Å². The Balaban J connectivity index is 2.00. The van der Waals surface area contributed by atoms with Crippen LogP contribution in [0.1, 0.15) is 0 Å². The fraction of sp³-hybridized carbons (Fsp3) is 0.889. The average molecular weight is 516 g/mol. The first kappa shape index (κ1) is 28.0. The maximum absolute atomic E-state index is 12.8. The molecule has 35 heavy (non-hydrogen) atoms. The molecule has 12 atom stereocenters. The third-order valence-electron chi connectivity index (χ3n) is 6.31. The monoisotopic (exact) mass is 516 g/mol. The topological polar surface area (TPSA) is 283 Å². The normalized spacial score (nSPS) is 48.9. The van der Waals surface area contributed by atoms with E-state index in [4.69, 9.17) is 28.8 Å². The van der Waals surface area contributed by atoms with Gasteiger partial charge in [-0.2, -0.15) is 0 Å². The number of carbonyl (C=O) groups is 2. The predicted molar refractivity (Wildman–Crippen MR) is 100 cm³/mol. The van der Waals surface area contributed by atoms with Crippen LogP contribution in [-0.4, -0.2) is 162 Å². The van der Waals surface area contributed by atoms with Gasteiger partial charge < -0.3 is 74.7 Å². The molecule has 3 saturated heterocycles. The van der Waals surface area contributed by atoms with Crippen molar-refractivity contribution in [2.24, 2.45) is 0 Å². The Kier molecular flexibility index (Phi) is 8.34. The Morgan fingerprint density at radius 1 is 0.829 bits per heavy atom. The number of hydrogen-bond acceptors (Lipinski definition) is 17. The molecule has 3 heterocycles. The minimum atomic E-state index is -3.04. The number of aliphatic hydroxyl groups excluding tert-OH is 10. The predicted octanol–water partition coefficient (Wildman–Crippen LogP) is -7.83. The summed E-state index contributed by atoms with van der Waals surface area (Å²) in [5, 5.41) is 100. The molecule has 0 radical (unpaired) electrons. The van der Waals surface area contributed by atoms with Crippen LogP contribution < -0.4 is 0 Å². The molecule has 0 spiro atoms. The summed E-state index contributed by atoms with van der Waals surface area (Å²) >= 11 is 0. The Labute approximate surface area is 196 Å². The van der Waals surface area contributed by atoms with Crippen LogP contribution in [0.15, 0.2) is 0 Å².